The number of carbonyl (C=O) groups excluding carboxylic acids is 1. The van der Waals surface area contributed by atoms with Crippen molar-refractivity contribution in [1.29, 1.82) is 0 Å². The fourth-order valence-electron chi connectivity index (χ4n) is 2.45. The maximum absolute atomic E-state index is 12.1. The van der Waals surface area contributed by atoms with Crippen LogP contribution in [-0.2, 0) is 11.3 Å². The number of hydrogen-bond donors (Lipinski definition) is 1. The van der Waals surface area contributed by atoms with E-state index in [9.17, 15) is 14.9 Å². The molecule has 7 nitrogen and oxygen atoms in total. The van der Waals surface area contributed by atoms with E-state index in [2.05, 4.69) is 19.2 Å². The van der Waals surface area contributed by atoms with Gasteiger partial charge in [0.25, 0.3) is 5.69 Å². The molecule has 1 heterocycles. The number of ether oxygens (including phenoxy) is 1. The van der Waals surface area contributed by atoms with Crippen LogP contribution in [0.4, 0.5) is 10.5 Å². The monoisotopic (exact) mass is 321 g/mol. The molecule has 0 bridgehead atoms. The number of nitrogens with one attached hydrogen (secondary N) is 1. The third-order valence-corrected chi connectivity index (χ3v) is 3.66. The van der Waals surface area contributed by atoms with Crippen molar-refractivity contribution in [2.45, 2.75) is 32.9 Å². The number of nitrogens with zero attached hydrogens (tertiary/aromatic N) is 2. The largest absolute Gasteiger partial charge is 0.376 e. The minimum Gasteiger partial charge on any atom is -0.376 e. The fourth-order valence-corrected chi connectivity index (χ4v) is 2.45. The first-order chi connectivity index (χ1) is 11.0. The summed E-state index contributed by atoms with van der Waals surface area (Å²) in [6.07, 6.45) is 0.942. The second-order valence-corrected chi connectivity index (χ2v) is 6.17. The van der Waals surface area contributed by atoms with Gasteiger partial charge in [-0.05, 0) is 17.9 Å². The van der Waals surface area contributed by atoms with Gasteiger partial charge in [0, 0.05) is 38.4 Å². The van der Waals surface area contributed by atoms with Crippen molar-refractivity contribution in [2.75, 3.05) is 19.7 Å². The lowest BCUT2D eigenvalue weighted by Crippen LogP contribution is -2.38. The molecule has 0 radical (unpaired) electrons. The topological polar surface area (TPSA) is 84.7 Å². The Balaban J connectivity index is 1.79. The smallest absolute Gasteiger partial charge is 0.317 e. The van der Waals surface area contributed by atoms with Crippen LogP contribution in [0.15, 0.2) is 24.3 Å². The van der Waals surface area contributed by atoms with E-state index in [1.165, 1.54) is 12.1 Å². The number of nitro benzene ring substituents is 1. The molecular weight excluding hydrogens is 298 g/mol. The van der Waals surface area contributed by atoms with Gasteiger partial charge in [-0.1, -0.05) is 26.0 Å². The van der Waals surface area contributed by atoms with E-state index in [0.29, 0.717) is 31.2 Å². The van der Waals surface area contributed by atoms with E-state index < -0.39 is 4.92 Å². The third kappa shape index (κ3) is 5.21. The Kier molecular flexibility index (Phi) is 5.92. The van der Waals surface area contributed by atoms with Gasteiger partial charge in [0.2, 0.25) is 0 Å². The van der Waals surface area contributed by atoms with Gasteiger partial charge in [-0.3, -0.25) is 10.1 Å². The lowest BCUT2D eigenvalue weighted by atomic mass is 10.2. The van der Waals surface area contributed by atoms with Gasteiger partial charge in [0.1, 0.15) is 0 Å². The molecule has 0 aromatic heterocycles. The highest BCUT2D eigenvalue weighted by atomic mass is 16.6. The van der Waals surface area contributed by atoms with Gasteiger partial charge < -0.3 is 15.0 Å². The molecule has 23 heavy (non-hydrogen) atoms. The molecule has 0 spiro atoms. The van der Waals surface area contributed by atoms with Crippen LogP contribution in [-0.4, -0.2) is 41.7 Å². The molecule has 2 amide bonds. The Morgan fingerprint density at radius 2 is 2.30 bits per heavy atom. The molecule has 126 valence electrons. The van der Waals surface area contributed by atoms with E-state index in [1.54, 1.807) is 17.0 Å². The minimum absolute atomic E-state index is 0.0278. The Bertz CT molecular complexity index is 562. The molecule has 1 aliphatic rings. The normalized spacial score (nSPS) is 17.5. The second kappa shape index (κ2) is 7.92. The molecule has 1 fully saturated rings. The molecule has 1 saturated heterocycles. The van der Waals surface area contributed by atoms with E-state index in [-0.39, 0.29) is 24.4 Å². The molecule has 0 aliphatic carbocycles. The van der Waals surface area contributed by atoms with Crippen molar-refractivity contribution >= 4 is 11.7 Å². The summed E-state index contributed by atoms with van der Waals surface area (Å²) >= 11 is 0. The Labute approximate surface area is 135 Å². The molecule has 0 unspecified atom stereocenters. The zero-order valence-corrected chi connectivity index (χ0v) is 13.5. The summed E-state index contributed by atoms with van der Waals surface area (Å²) in [7, 11) is 0. The van der Waals surface area contributed by atoms with Crippen molar-refractivity contribution in [3.63, 3.8) is 0 Å². The molecule has 1 aromatic rings. The SMILES string of the molecule is CC(C)CO[C@H]1CCN(C(=O)NCc2cccc([N+](=O)[O-])c2)C1. The van der Waals surface area contributed by atoms with Crippen LogP contribution >= 0.6 is 0 Å². The van der Waals surface area contributed by atoms with Gasteiger partial charge in [-0.15, -0.1) is 0 Å². The zero-order valence-electron chi connectivity index (χ0n) is 13.5. The number of hydrogen-bond acceptors (Lipinski definition) is 4. The minimum atomic E-state index is -0.442. The van der Waals surface area contributed by atoms with Crippen LogP contribution < -0.4 is 5.32 Å². The summed E-state index contributed by atoms with van der Waals surface area (Å²) in [6, 6.07) is 6.12. The summed E-state index contributed by atoms with van der Waals surface area (Å²) in [6.45, 7) is 6.43. The van der Waals surface area contributed by atoms with Gasteiger partial charge in [0.05, 0.1) is 11.0 Å². The number of non-ortho nitro benzene ring substituents is 1. The van der Waals surface area contributed by atoms with Crippen molar-refractivity contribution in [1.82, 2.24) is 10.2 Å². The van der Waals surface area contributed by atoms with Crippen LogP contribution in [0.3, 0.4) is 0 Å². The first kappa shape index (κ1) is 17.2. The first-order valence-electron chi connectivity index (χ1n) is 7.83. The van der Waals surface area contributed by atoms with Gasteiger partial charge in [0.15, 0.2) is 0 Å². The molecular formula is C16H23N3O4. The number of nitro groups is 1. The summed E-state index contributed by atoms with van der Waals surface area (Å²) in [4.78, 5) is 24.2. The highest BCUT2D eigenvalue weighted by Gasteiger charge is 2.26. The highest BCUT2D eigenvalue weighted by molar-refractivity contribution is 5.74. The number of amides is 2. The van der Waals surface area contributed by atoms with E-state index in [1.807, 2.05) is 0 Å². The van der Waals surface area contributed by atoms with Gasteiger partial charge in [-0.2, -0.15) is 0 Å². The zero-order chi connectivity index (χ0) is 16.8. The predicted molar refractivity (Wildman–Crippen MR) is 86.1 cm³/mol. The third-order valence-electron chi connectivity index (χ3n) is 3.66. The molecule has 1 N–H and O–H groups in total. The van der Waals surface area contributed by atoms with Crippen molar-refractivity contribution < 1.29 is 14.5 Å². The molecule has 2 rings (SSSR count). The van der Waals surface area contributed by atoms with Crippen LogP contribution in [0.1, 0.15) is 25.8 Å². The summed E-state index contributed by atoms with van der Waals surface area (Å²) < 4.78 is 5.75. The average molecular weight is 321 g/mol. The standard InChI is InChI=1S/C16H23N3O4/c1-12(2)11-23-15-6-7-18(10-15)16(20)17-9-13-4-3-5-14(8-13)19(21)22/h3-5,8,12,15H,6-7,9-11H2,1-2H3,(H,17,20)/t15-/m0/s1. The quantitative estimate of drug-likeness (QED) is 0.644. The number of carbonyl (C=O) groups is 1. The van der Waals surface area contributed by atoms with E-state index >= 15 is 0 Å². The Morgan fingerprint density at radius 3 is 3.00 bits per heavy atom. The van der Waals surface area contributed by atoms with E-state index in [4.69, 9.17) is 4.74 Å². The number of benzene rings is 1. The van der Waals surface area contributed by atoms with Crippen molar-refractivity contribution in [3.05, 3.63) is 39.9 Å². The lowest BCUT2D eigenvalue weighted by molar-refractivity contribution is -0.384. The van der Waals surface area contributed by atoms with E-state index in [0.717, 1.165) is 6.42 Å². The Hall–Kier alpha value is -2.15. The van der Waals surface area contributed by atoms with Crippen molar-refractivity contribution in [3.8, 4) is 0 Å². The number of urea groups is 1. The van der Waals surface area contributed by atoms with Crippen LogP contribution in [0, 0.1) is 16.0 Å². The van der Waals surface area contributed by atoms with Crippen LogP contribution in [0.25, 0.3) is 0 Å². The van der Waals surface area contributed by atoms with Crippen molar-refractivity contribution in [2.24, 2.45) is 5.92 Å². The first-order valence-corrected chi connectivity index (χ1v) is 7.83. The maximum atomic E-state index is 12.1. The summed E-state index contributed by atoms with van der Waals surface area (Å²) in [5.74, 6) is 0.478. The van der Waals surface area contributed by atoms with Crippen LogP contribution in [0.5, 0.6) is 0 Å². The molecule has 1 atom stereocenters. The van der Waals surface area contributed by atoms with Gasteiger partial charge >= 0.3 is 6.03 Å². The number of rotatable bonds is 6. The Morgan fingerprint density at radius 1 is 1.52 bits per heavy atom. The summed E-state index contributed by atoms with van der Waals surface area (Å²) in [5, 5.41) is 13.5. The molecule has 0 saturated carbocycles. The molecule has 1 aromatic carbocycles. The highest BCUT2D eigenvalue weighted by Crippen LogP contribution is 2.15. The molecule has 1 aliphatic heterocycles. The molecule has 7 heteroatoms. The summed E-state index contributed by atoms with van der Waals surface area (Å²) in [5.41, 5.74) is 0.736. The second-order valence-electron chi connectivity index (χ2n) is 6.17. The van der Waals surface area contributed by atoms with Crippen LogP contribution in [0.2, 0.25) is 0 Å². The maximum Gasteiger partial charge on any atom is 0.317 e. The predicted octanol–water partition coefficient (Wildman–Crippen LogP) is 2.55. The average Bonchev–Trinajstić information content (AvgIpc) is 3.00. The lowest BCUT2D eigenvalue weighted by Gasteiger charge is -2.18. The van der Waals surface area contributed by atoms with Gasteiger partial charge in [-0.25, -0.2) is 4.79 Å². The number of likely N-dealkylation sites (tertiary alicyclic amines) is 1. The fraction of sp³-hybridized carbons (Fsp3) is 0.562.